The second-order valence-electron chi connectivity index (χ2n) is 3.47. The zero-order chi connectivity index (χ0) is 13.0. The summed E-state index contributed by atoms with van der Waals surface area (Å²) in [6, 6.07) is 5.16. The molecule has 1 amide bonds. The van der Waals surface area contributed by atoms with Gasteiger partial charge in [-0.05, 0) is 12.1 Å². The Morgan fingerprint density at radius 1 is 1.56 bits per heavy atom. The van der Waals surface area contributed by atoms with Crippen molar-refractivity contribution in [3.63, 3.8) is 0 Å². The highest BCUT2D eigenvalue weighted by Crippen LogP contribution is 2.22. The van der Waals surface area contributed by atoms with Gasteiger partial charge in [0.1, 0.15) is 12.7 Å². The van der Waals surface area contributed by atoms with Crippen LogP contribution in [0.25, 0.3) is 5.69 Å². The minimum Gasteiger partial charge on any atom is -0.348 e. The van der Waals surface area contributed by atoms with Crippen LogP contribution in [-0.2, 0) is 0 Å². The Balaban J connectivity index is 2.45. The summed E-state index contributed by atoms with van der Waals surface area (Å²) in [4.78, 5) is 15.9. The minimum atomic E-state index is -0.272. The van der Waals surface area contributed by atoms with Gasteiger partial charge >= 0.3 is 0 Å². The predicted octanol–water partition coefficient (Wildman–Crippen LogP) is 1.84. The molecule has 2 aromatic rings. The van der Waals surface area contributed by atoms with Crippen molar-refractivity contribution in [3.05, 3.63) is 54.1 Å². The van der Waals surface area contributed by atoms with Crippen LogP contribution >= 0.6 is 11.6 Å². The first-order valence-corrected chi connectivity index (χ1v) is 5.64. The summed E-state index contributed by atoms with van der Waals surface area (Å²) in [5, 5.41) is 7.05. The van der Waals surface area contributed by atoms with Gasteiger partial charge in [-0.1, -0.05) is 23.7 Å². The van der Waals surface area contributed by atoms with E-state index in [0.29, 0.717) is 22.8 Å². The summed E-state index contributed by atoms with van der Waals surface area (Å²) in [6.45, 7) is 3.92. The zero-order valence-corrected chi connectivity index (χ0v) is 10.3. The first-order chi connectivity index (χ1) is 8.74. The normalized spacial score (nSPS) is 10.1. The molecule has 18 heavy (non-hydrogen) atoms. The molecule has 2 rings (SSSR count). The van der Waals surface area contributed by atoms with Crippen LogP contribution in [0.1, 0.15) is 10.4 Å². The predicted molar refractivity (Wildman–Crippen MR) is 68.9 cm³/mol. The van der Waals surface area contributed by atoms with Gasteiger partial charge < -0.3 is 5.32 Å². The first-order valence-electron chi connectivity index (χ1n) is 5.26. The number of hydrogen-bond acceptors (Lipinski definition) is 3. The third kappa shape index (κ3) is 2.41. The molecule has 0 fully saturated rings. The molecular formula is C12H11ClN4O. The number of carbonyl (C=O) groups is 1. The van der Waals surface area contributed by atoms with Gasteiger partial charge in [-0.15, -0.1) is 6.58 Å². The molecule has 1 N–H and O–H groups in total. The van der Waals surface area contributed by atoms with Crippen molar-refractivity contribution in [3.8, 4) is 5.69 Å². The van der Waals surface area contributed by atoms with E-state index in [9.17, 15) is 4.79 Å². The number of hydrogen-bond donors (Lipinski definition) is 1. The minimum absolute atomic E-state index is 0.272. The van der Waals surface area contributed by atoms with E-state index in [1.54, 1.807) is 24.3 Å². The quantitative estimate of drug-likeness (QED) is 0.856. The maximum Gasteiger partial charge on any atom is 0.255 e. The molecule has 92 valence electrons. The Morgan fingerprint density at radius 3 is 3.06 bits per heavy atom. The van der Waals surface area contributed by atoms with Crippen molar-refractivity contribution < 1.29 is 4.79 Å². The lowest BCUT2D eigenvalue weighted by Gasteiger charge is -2.10. The average Bonchev–Trinajstić information content (AvgIpc) is 2.89. The van der Waals surface area contributed by atoms with Crippen LogP contribution < -0.4 is 5.32 Å². The number of amides is 1. The molecule has 0 spiro atoms. The molecule has 1 aromatic carbocycles. The van der Waals surface area contributed by atoms with Crippen molar-refractivity contribution in [1.82, 2.24) is 20.1 Å². The van der Waals surface area contributed by atoms with Crippen LogP contribution in [0.4, 0.5) is 0 Å². The second-order valence-corrected chi connectivity index (χ2v) is 3.88. The van der Waals surface area contributed by atoms with E-state index in [1.165, 1.54) is 17.3 Å². The zero-order valence-electron chi connectivity index (χ0n) is 9.51. The van der Waals surface area contributed by atoms with E-state index in [1.807, 2.05) is 0 Å². The summed E-state index contributed by atoms with van der Waals surface area (Å²) in [7, 11) is 0. The Bertz CT molecular complexity index is 565. The number of nitrogens with zero attached hydrogens (tertiary/aromatic N) is 3. The number of rotatable bonds is 4. The summed E-state index contributed by atoms with van der Waals surface area (Å²) < 4.78 is 1.49. The van der Waals surface area contributed by atoms with E-state index >= 15 is 0 Å². The fraction of sp³-hybridized carbons (Fsp3) is 0.0833. The number of halogens is 1. The van der Waals surface area contributed by atoms with Crippen molar-refractivity contribution in [2.75, 3.05) is 6.54 Å². The smallest absolute Gasteiger partial charge is 0.255 e. The maximum absolute atomic E-state index is 12.0. The Labute approximate surface area is 109 Å². The molecule has 0 aliphatic heterocycles. The lowest BCUT2D eigenvalue weighted by Crippen LogP contribution is -2.25. The lowest BCUT2D eigenvalue weighted by molar-refractivity contribution is 0.0958. The fourth-order valence-electron chi connectivity index (χ4n) is 1.51. The summed E-state index contributed by atoms with van der Waals surface area (Å²) in [6.07, 6.45) is 4.51. The van der Waals surface area contributed by atoms with Crippen LogP contribution in [0.2, 0.25) is 5.02 Å². The second kappa shape index (κ2) is 5.46. The van der Waals surface area contributed by atoms with Gasteiger partial charge in [0.05, 0.1) is 16.3 Å². The molecule has 0 atom stereocenters. The molecule has 1 aromatic heterocycles. The van der Waals surface area contributed by atoms with Crippen molar-refractivity contribution >= 4 is 17.5 Å². The third-order valence-electron chi connectivity index (χ3n) is 2.29. The molecule has 0 aliphatic rings. The highest BCUT2D eigenvalue weighted by atomic mass is 35.5. The molecule has 5 nitrogen and oxygen atoms in total. The van der Waals surface area contributed by atoms with Crippen LogP contribution in [-0.4, -0.2) is 27.2 Å². The molecule has 0 bridgehead atoms. The van der Waals surface area contributed by atoms with E-state index in [4.69, 9.17) is 11.6 Å². The molecule has 0 saturated carbocycles. The monoisotopic (exact) mass is 262 g/mol. The summed E-state index contributed by atoms with van der Waals surface area (Å²) >= 11 is 6.07. The van der Waals surface area contributed by atoms with Gasteiger partial charge in [-0.2, -0.15) is 5.10 Å². The molecule has 6 heteroatoms. The number of aromatic nitrogens is 3. The highest BCUT2D eigenvalue weighted by molar-refractivity contribution is 6.34. The Kier molecular flexibility index (Phi) is 3.74. The van der Waals surface area contributed by atoms with Crippen LogP contribution in [0, 0.1) is 0 Å². The Morgan fingerprint density at radius 2 is 2.39 bits per heavy atom. The van der Waals surface area contributed by atoms with Crippen molar-refractivity contribution in [2.24, 2.45) is 0 Å². The van der Waals surface area contributed by atoms with E-state index in [0.717, 1.165) is 0 Å². The van der Waals surface area contributed by atoms with E-state index < -0.39 is 0 Å². The van der Waals surface area contributed by atoms with Crippen LogP contribution in [0.15, 0.2) is 43.5 Å². The van der Waals surface area contributed by atoms with Crippen molar-refractivity contribution in [2.45, 2.75) is 0 Å². The molecule has 0 radical (unpaired) electrons. The summed E-state index contributed by atoms with van der Waals surface area (Å²) in [5.41, 5.74) is 0.952. The standard InChI is InChI=1S/C12H11ClN4O/c1-2-6-15-12(18)11-9(13)4-3-5-10(11)17-8-14-7-16-17/h2-5,7-8H,1,6H2,(H,15,18). The van der Waals surface area contributed by atoms with Gasteiger partial charge in [0.25, 0.3) is 5.91 Å². The number of benzene rings is 1. The molecule has 0 aliphatic carbocycles. The van der Waals surface area contributed by atoms with E-state index in [2.05, 4.69) is 22.0 Å². The topological polar surface area (TPSA) is 59.8 Å². The van der Waals surface area contributed by atoms with Crippen molar-refractivity contribution in [1.29, 1.82) is 0 Å². The largest absolute Gasteiger partial charge is 0.348 e. The molecule has 0 unspecified atom stereocenters. The van der Waals surface area contributed by atoms with E-state index in [-0.39, 0.29) is 5.91 Å². The van der Waals surface area contributed by atoms with Crippen LogP contribution in [0.5, 0.6) is 0 Å². The maximum atomic E-state index is 12.0. The number of carbonyl (C=O) groups excluding carboxylic acids is 1. The molecule has 1 heterocycles. The van der Waals surface area contributed by atoms with Gasteiger partial charge in [-0.3, -0.25) is 4.79 Å². The average molecular weight is 263 g/mol. The molecule has 0 saturated heterocycles. The lowest BCUT2D eigenvalue weighted by atomic mass is 10.1. The van der Waals surface area contributed by atoms with Gasteiger partial charge in [-0.25, -0.2) is 9.67 Å². The summed E-state index contributed by atoms with van der Waals surface area (Å²) in [5.74, 6) is -0.272. The fourth-order valence-corrected chi connectivity index (χ4v) is 1.77. The number of nitrogens with one attached hydrogen (secondary N) is 1. The van der Waals surface area contributed by atoms with Gasteiger partial charge in [0.15, 0.2) is 0 Å². The molecular weight excluding hydrogens is 252 g/mol. The first kappa shape index (κ1) is 12.3. The van der Waals surface area contributed by atoms with Crippen LogP contribution in [0.3, 0.4) is 0 Å². The van der Waals surface area contributed by atoms with Gasteiger partial charge in [0, 0.05) is 6.54 Å². The SMILES string of the molecule is C=CCNC(=O)c1c(Cl)cccc1-n1cncn1. The third-order valence-corrected chi connectivity index (χ3v) is 2.61. The van der Waals surface area contributed by atoms with Gasteiger partial charge in [0.2, 0.25) is 0 Å². The highest BCUT2D eigenvalue weighted by Gasteiger charge is 2.16. The Hall–Kier alpha value is -2.14.